The number of ether oxygens (including phenoxy) is 1. The maximum Gasteiger partial charge on any atom is 0.265 e. The Bertz CT molecular complexity index is 1290. The number of hydrogen-bond acceptors (Lipinski definition) is 6. The van der Waals surface area contributed by atoms with Crippen LogP contribution in [0.1, 0.15) is 24.9 Å². The number of anilines is 2. The van der Waals surface area contributed by atoms with Gasteiger partial charge in [0.2, 0.25) is 0 Å². The van der Waals surface area contributed by atoms with E-state index in [0.29, 0.717) is 32.6 Å². The van der Waals surface area contributed by atoms with E-state index >= 15 is 0 Å². The Balaban J connectivity index is 1.49. The van der Waals surface area contributed by atoms with Crippen LogP contribution in [0, 0.1) is 12.7 Å². The molecule has 162 valence electrons. The van der Waals surface area contributed by atoms with Crippen LogP contribution in [0.15, 0.2) is 61.2 Å². The minimum atomic E-state index is -0.475. The van der Waals surface area contributed by atoms with Gasteiger partial charge in [0, 0.05) is 11.8 Å². The Morgan fingerprint density at radius 3 is 2.31 bits per heavy atom. The van der Waals surface area contributed by atoms with Crippen LogP contribution < -0.4 is 15.4 Å². The number of rotatable bonds is 6. The molecule has 4 aromatic rings. The number of nitrogens with zero attached hydrogens (tertiary/aromatic N) is 3. The summed E-state index contributed by atoms with van der Waals surface area (Å²) in [7, 11) is 1.58. The number of hydrogen-bond donors (Lipinski definition) is 2. The summed E-state index contributed by atoms with van der Waals surface area (Å²) < 4.78 is 20.2. The van der Waals surface area contributed by atoms with Gasteiger partial charge in [-0.25, -0.2) is 14.1 Å². The minimum absolute atomic E-state index is 0.326. The largest absolute Gasteiger partial charge is 0.497 e. The van der Waals surface area contributed by atoms with Crippen LogP contribution in [-0.2, 0) is 0 Å². The van der Waals surface area contributed by atoms with Crippen molar-refractivity contribution in [2.45, 2.75) is 6.92 Å². The zero-order valence-electron chi connectivity index (χ0n) is 17.1. The molecule has 2 aromatic heterocycles. The summed E-state index contributed by atoms with van der Waals surface area (Å²) in [5, 5.41) is 9.56. The Morgan fingerprint density at radius 2 is 1.69 bits per heavy atom. The number of carbonyl (C=O) groups excluding carboxylic acids is 2. The lowest BCUT2D eigenvalue weighted by Crippen LogP contribution is -2.13. The topological polar surface area (TPSA) is 98.1 Å². The van der Waals surface area contributed by atoms with E-state index in [1.807, 2.05) is 13.0 Å². The first-order chi connectivity index (χ1) is 15.4. The standard InChI is InChI=1S/C22H18FN5O3S/c1-13-9-15(31-2)4-6-16(13)26-21(29)19-7-8-20(32-19)22(30)27-17-5-3-14(23)10-18(17)28-12-24-11-25-28/h3-12H,1-2H3,(H,26,29)(H,27,30). The Labute approximate surface area is 186 Å². The molecule has 0 aliphatic carbocycles. The van der Waals surface area contributed by atoms with Gasteiger partial charge in [-0.15, -0.1) is 11.3 Å². The second-order valence-electron chi connectivity index (χ2n) is 6.75. The molecule has 2 amide bonds. The fraction of sp³-hybridized carbons (Fsp3) is 0.0909. The highest BCUT2D eigenvalue weighted by Crippen LogP contribution is 2.25. The lowest BCUT2D eigenvalue weighted by atomic mass is 10.2. The molecule has 8 nitrogen and oxygen atoms in total. The smallest absolute Gasteiger partial charge is 0.265 e. The highest BCUT2D eigenvalue weighted by molar-refractivity contribution is 7.16. The van der Waals surface area contributed by atoms with Crippen molar-refractivity contribution in [2.24, 2.45) is 0 Å². The molecule has 2 aromatic carbocycles. The third-order valence-electron chi connectivity index (χ3n) is 4.61. The molecular weight excluding hydrogens is 433 g/mol. The predicted molar refractivity (Wildman–Crippen MR) is 119 cm³/mol. The zero-order valence-corrected chi connectivity index (χ0v) is 17.9. The summed E-state index contributed by atoms with van der Waals surface area (Å²) in [6, 6.07) is 12.4. The molecular formula is C22H18FN5O3S. The Morgan fingerprint density at radius 1 is 1.00 bits per heavy atom. The Hall–Kier alpha value is -4.05. The molecule has 10 heteroatoms. The highest BCUT2D eigenvalue weighted by atomic mass is 32.1. The van der Waals surface area contributed by atoms with Crippen LogP contribution in [0.25, 0.3) is 5.69 Å². The van der Waals surface area contributed by atoms with Gasteiger partial charge in [-0.1, -0.05) is 0 Å². The van der Waals surface area contributed by atoms with E-state index in [0.717, 1.165) is 16.9 Å². The molecule has 0 radical (unpaired) electrons. The number of amides is 2. The first-order valence-corrected chi connectivity index (χ1v) is 10.3. The average Bonchev–Trinajstić information content (AvgIpc) is 3.48. The predicted octanol–water partition coefficient (Wildman–Crippen LogP) is 4.29. The molecule has 0 bridgehead atoms. The number of carbonyl (C=O) groups is 2. The molecule has 2 heterocycles. The first kappa shape index (κ1) is 21.2. The van der Waals surface area contributed by atoms with Gasteiger partial charge in [0.05, 0.1) is 28.2 Å². The van der Waals surface area contributed by atoms with Crippen molar-refractivity contribution in [3.05, 3.63) is 82.3 Å². The van der Waals surface area contributed by atoms with Crippen molar-refractivity contribution in [2.75, 3.05) is 17.7 Å². The van der Waals surface area contributed by atoms with Gasteiger partial charge in [0.25, 0.3) is 11.8 Å². The second-order valence-corrected chi connectivity index (χ2v) is 7.84. The van der Waals surface area contributed by atoms with E-state index in [4.69, 9.17) is 4.74 Å². The summed E-state index contributed by atoms with van der Waals surface area (Å²) in [6.07, 6.45) is 2.71. The summed E-state index contributed by atoms with van der Waals surface area (Å²) >= 11 is 1.05. The number of aromatic nitrogens is 3. The van der Waals surface area contributed by atoms with Crippen LogP contribution in [-0.4, -0.2) is 33.7 Å². The van der Waals surface area contributed by atoms with E-state index in [1.54, 1.807) is 31.4 Å². The number of halogens is 1. The van der Waals surface area contributed by atoms with Crippen LogP contribution in [0.3, 0.4) is 0 Å². The highest BCUT2D eigenvalue weighted by Gasteiger charge is 2.17. The fourth-order valence-corrected chi connectivity index (χ4v) is 3.78. The van der Waals surface area contributed by atoms with Gasteiger partial charge >= 0.3 is 0 Å². The molecule has 0 saturated heterocycles. The number of aryl methyl sites for hydroxylation is 1. The second kappa shape index (κ2) is 8.98. The van der Waals surface area contributed by atoms with E-state index in [2.05, 4.69) is 20.7 Å². The molecule has 0 spiro atoms. The Kier molecular flexibility index (Phi) is 5.95. The van der Waals surface area contributed by atoms with Crippen molar-refractivity contribution in [1.82, 2.24) is 14.8 Å². The molecule has 0 saturated carbocycles. The normalized spacial score (nSPS) is 10.6. The third kappa shape index (κ3) is 4.49. The lowest BCUT2D eigenvalue weighted by Gasteiger charge is -2.10. The van der Waals surface area contributed by atoms with Gasteiger partial charge < -0.3 is 15.4 Å². The number of benzene rings is 2. The van der Waals surface area contributed by atoms with Crippen LogP contribution in [0.4, 0.5) is 15.8 Å². The molecule has 0 aliphatic rings. The van der Waals surface area contributed by atoms with Gasteiger partial charge in [0.1, 0.15) is 24.2 Å². The van der Waals surface area contributed by atoms with Crippen LogP contribution >= 0.6 is 11.3 Å². The molecule has 0 fully saturated rings. The number of thiophene rings is 1. The minimum Gasteiger partial charge on any atom is -0.497 e. The fourth-order valence-electron chi connectivity index (χ4n) is 2.99. The zero-order chi connectivity index (χ0) is 22.7. The van der Waals surface area contributed by atoms with Crippen molar-refractivity contribution >= 4 is 34.5 Å². The third-order valence-corrected chi connectivity index (χ3v) is 5.69. The summed E-state index contributed by atoms with van der Waals surface area (Å²) in [6.45, 7) is 1.86. The van der Waals surface area contributed by atoms with Crippen molar-refractivity contribution in [1.29, 1.82) is 0 Å². The summed E-state index contributed by atoms with van der Waals surface area (Å²) in [5.74, 6) is -0.533. The number of methoxy groups -OCH3 is 1. The average molecular weight is 451 g/mol. The molecule has 0 unspecified atom stereocenters. The maximum atomic E-state index is 13.7. The van der Waals surface area contributed by atoms with Crippen molar-refractivity contribution in [3.8, 4) is 11.4 Å². The first-order valence-electron chi connectivity index (χ1n) is 9.46. The monoisotopic (exact) mass is 451 g/mol. The van der Waals surface area contributed by atoms with Crippen molar-refractivity contribution in [3.63, 3.8) is 0 Å². The SMILES string of the molecule is COc1ccc(NC(=O)c2ccc(C(=O)Nc3ccc(F)cc3-n3cncn3)s2)c(C)c1. The molecule has 0 aliphatic heterocycles. The van der Waals surface area contributed by atoms with Gasteiger partial charge in [-0.2, -0.15) is 5.10 Å². The quantitative estimate of drug-likeness (QED) is 0.456. The van der Waals surface area contributed by atoms with Gasteiger partial charge in [-0.3, -0.25) is 9.59 Å². The van der Waals surface area contributed by atoms with E-state index in [1.165, 1.54) is 35.5 Å². The summed E-state index contributed by atoms with van der Waals surface area (Å²) in [4.78, 5) is 29.9. The van der Waals surface area contributed by atoms with Gasteiger partial charge in [0.15, 0.2) is 0 Å². The summed E-state index contributed by atoms with van der Waals surface area (Å²) in [5.41, 5.74) is 2.19. The van der Waals surface area contributed by atoms with Gasteiger partial charge in [-0.05, 0) is 55.0 Å². The van der Waals surface area contributed by atoms with Crippen LogP contribution in [0.5, 0.6) is 5.75 Å². The van der Waals surface area contributed by atoms with E-state index in [-0.39, 0.29) is 5.91 Å². The van der Waals surface area contributed by atoms with E-state index < -0.39 is 11.7 Å². The van der Waals surface area contributed by atoms with Crippen LogP contribution in [0.2, 0.25) is 0 Å². The molecule has 0 atom stereocenters. The lowest BCUT2D eigenvalue weighted by molar-refractivity contribution is 0.102. The van der Waals surface area contributed by atoms with E-state index in [9.17, 15) is 14.0 Å². The number of nitrogens with one attached hydrogen (secondary N) is 2. The maximum absolute atomic E-state index is 13.7. The molecule has 2 N–H and O–H groups in total. The molecule has 4 rings (SSSR count). The molecule has 32 heavy (non-hydrogen) atoms. The van der Waals surface area contributed by atoms with Crippen molar-refractivity contribution < 1.29 is 18.7 Å².